The third kappa shape index (κ3) is 2.84. The van der Waals surface area contributed by atoms with E-state index in [-0.39, 0.29) is 6.29 Å². The molecule has 2 heterocycles. The van der Waals surface area contributed by atoms with Gasteiger partial charge in [-0.15, -0.1) is 11.3 Å². The van der Waals surface area contributed by atoms with Crippen LogP contribution in [-0.2, 0) is 9.47 Å². The number of thiazole rings is 1. The van der Waals surface area contributed by atoms with Crippen LogP contribution in [0.2, 0.25) is 0 Å². The summed E-state index contributed by atoms with van der Waals surface area (Å²) in [5.74, 6) is 0.777. The maximum absolute atomic E-state index is 8.81. The average Bonchev–Trinajstić information content (AvgIpc) is 3.06. The Balaban J connectivity index is 1.62. The van der Waals surface area contributed by atoms with Gasteiger partial charge in [0.05, 0.1) is 30.0 Å². The predicted molar refractivity (Wildman–Crippen MR) is 70.1 cm³/mol. The molecule has 0 N–H and O–H groups in total. The largest absolute Gasteiger partial charge is 0.493 e. The first-order valence-corrected chi connectivity index (χ1v) is 6.83. The van der Waals surface area contributed by atoms with Gasteiger partial charge in [0.1, 0.15) is 11.8 Å². The van der Waals surface area contributed by atoms with Gasteiger partial charge in [0.2, 0.25) is 0 Å². The maximum atomic E-state index is 8.81. The third-order valence-electron chi connectivity index (χ3n) is 2.77. The highest BCUT2D eigenvalue weighted by molar-refractivity contribution is 7.19. The summed E-state index contributed by atoms with van der Waals surface area (Å²) in [5.41, 5.74) is 0.830. The van der Waals surface area contributed by atoms with Gasteiger partial charge in [0.25, 0.3) is 0 Å². The zero-order chi connectivity index (χ0) is 13.1. The number of aromatic nitrogens is 1. The van der Waals surface area contributed by atoms with Crippen molar-refractivity contribution < 1.29 is 14.2 Å². The van der Waals surface area contributed by atoms with Crippen LogP contribution < -0.4 is 4.74 Å². The van der Waals surface area contributed by atoms with E-state index in [9.17, 15) is 0 Å². The number of hydrogen-bond donors (Lipinski definition) is 0. The van der Waals surface area contributed by atoms with Crippen LogP contribution in [0.1, 0.15) is 11.4 Å². The SMILES string of the molecule is N#Cc1nc2ccc(OCCC3OCCO3)cc2s1. The molecule has 0 atom stereocenters. The summed E-state index contributed by atoms with van der Waals surface area (Å²) in [5, 5.41) is 9.28. The first-order chi connectivity index (χ1) is 9.35. The molecule has 1 aromatic carbocycles. The van der Waals surface area contributed by atoms with Crippen molar-refractivity contribution in [3.05, 3.63) is 23.2 Å². The van der Waals surface area contributed by atoms with E-state index in [0.29, 0.717) is 31.2 Å². The van der Waals surface area contributed by atoms with E-state index >= 15 is 0 Å². The normalized spacial score (nSPS) is 15.7. The molecular weight excluding hydrogens is 264 g/mol. The predicted octanol–water partition coefficient (Wildman–Crippen LogP) is 2.31. The minimum atomic E-state index is -0.141. The van der Waals surface area contributed by atoms with E-state index in [4.69, 9.17) is 19.5 Å². The van der Waals surface area contributed by atoms with Crippen LogP contribution in [0.3, 0.4) is 0 Å². The van der Waals surface area contributed by atoms with Crippen molar-refractivity contribution in [3.63, 3.8) is 0 Å². The second-order valence-corrected chi connectivity index (χ2v) is 5.10. The lowest BCUT2D eigenvalue weighted by Crippen LogP contribution is -2.12. The second-order valence-electron chi connectivity index (χ2n) is 4.07. The molecule has 98 valence electrons. The lowest BCUT2D eigenvalue weighted by atomic mass is 10.3. The third-order valence-corrected chi connectivity index (χ3v) is 3.69. The molecule has 0 saturated carbocycles. The number of benzene rings is 1. The average molecular weight is 276 g/mol. The maximum Gasteiger partial charge on any atom is 0.195 e. The summed E-state index contributed by atoms with van der Waals surface area (Å²) in [7, 11) is 0. The van der Waals surface area contributed by atoms with Crippen LogP contribution in [-0.4, -0.2) is 31.1 Å². The van der Waals surface area contributed by atoms with Gasteiger partial charge in [-0.3, -0.25) is 0 Å². The zero-order valence-corrected chi connectivity index (χ0v) is 11.0. The quantitative estimate of drug-likeness (QED) is 0.857. The van der Waals surface area contributed by atoms with Crippen LogP contribution in [0.4, 0.5) is 0 Å². The molecule has 6 heteroatoms. The Morgan fingerprint density at radius 3 is 3.05 bits per heavy atom. The first kappa shape index (κ1) is 12.4. The Hall–Kier alpha value is -1.68. The van der Waals surface area contributed by atoms with Crippen molar-refractivity contribution in [3.8, 4) is 11.8 Å². The monoisotopic (exact) mass is 276 g/mol. The minimum Gasteiger partial charge on any atom is -0.493 e. The van der Waals surface area contributed by atoms with Crippen molar-refractivity contribution in [1.82, 2.24) is 4.98 Å². The fourth-order valence-electron chi connectivity index (χ4n) is 1.89. The summed E-state index contributed by atoms with van der Waals surface area (Å²) in [4.78, 5) is 4.18. The van der Waals surface area contributed by atoms with Crippen LogP contribution in [0.5, 0.6) is 5.75 Å². The molecule has 1 saturated heterocycles. The molecule has 1 fully saturated rings. The number of fused-ring (bicyclic) bond motifs is 1. The summed E-state index contributed by atoms with van der Waals surface area (Å²) in [6.45, 7) is 1.86. The van der Waals surface area contributed by atoms with Crippen molar-refractivity contribution in [2.45, 2.75) is 12.7 Å². The number of nitrogens with zero attached hydrogens (tertiary/aromatic N) is 2. The van der Waals surface area contributed by atoms with Gasteiger partial charge in [-0.25, -0.2) is 4.98 Å². The molecule has 5 nitrogen and oxygen atoms in total. The van der Waals surface area contributed by atoms with Crippen LogP contribution >= 0.6 is 11.3 Å². The minimum absolute atomic E-state index is 0.141. The fraction of sp³-hybridized carbons (Fsp3) is 0.385. The Morgan fingerprint density at radius 2 is 2.26 bits per heavy atom. The van der Waals surface area contributed by atoms with Crippen molar-refractivity contribution in [1.29, 1.82) is 5.26 Å². The fourth-order valence-corrected chi connectivity index (χ4v) is 2.68. The Morgan fingerprint density at radius 1 is 1.42 bits per heavy atom. The van der Waals surface area contributed by atoms with E-state index in [0.717, 1.165) is 16.0 Å². The Kier molecular flexibility index (Phi) is 3.60. The first-order valence-electron chi connectivity index (χ1n) is 6.02. The molecule has 0 spiro atoms. The molecule has 0 radical (unpaired) electrons. The standard InChI is InChI=1S/C13H12N2O3S/c14-8-12-15-10-2-1-9(7-11(10)19-12)16-4-3-13-17-5-6-18-13/h1-2,7,13H,3-6H2. The van der Waals surface area contributed by atoms with Crippen LogP contribution in [0.15, 0.2) is 18.2 Å². The smallest absolute Gasteiger partial charge is 0.195 e. The van der Waals surface area contributed by atoms with Gasteiger partial charge < -0.3 is 14.2 Å². The van der Waals surface area contributed by atoms with E-state index in [1.807, 2.05) is 24.3 Å². The van der Waals surface area contributed by atoms with Gasteiger partial charge in [0.15, 0.2) is 11.3 Å². The molecule has 0 aliphatic carbocycles. The molecule has 1 aliphatic rings. The number of nitriles is 1. The Labute approximate surface area is 114 Å². The number of hydrogen-bond acceptors (Lipinski definition) is 6. The molecule has 3 rings (SSSR count). The van der Waals surface area contributed by atoms with Gasteiger partial charge in [0, 0.05) is 6.42 Å². The Bertz CT molecular complexity index is 614. The number of rotatable bonds is 4. The van der Waals surface area contributed by atoms with Crippen molar-refractivity contribution >= 4 is 21.6 Å². The van der Waals surface area contributed by atoms with Gasteiger partial charge in [-0.1, -0.05) is 0 Å². The zero-order valence-electron chi connectivity index (χ0n) is 10.2. The van der Waals surface area contributed by atoms with Gasteiger partial charge in [-0.2, -0.15) is 5.26 Å². The van der Waals surface area contributed by atoms with E-state index in [1.165, 1.54) is 11.3 Å². The molecule has 1 aromatic heterocycles. The van der Waals surface area contributed by atoms with Gasteiger partial charge in [-0.05, 0) is 18.2 Å². The summed E-state index contributed by atoms with van der Waals surface area (Å²) >= 11 is 1.37. The summed E-state index contributed by atoms with van der Waals surface area (Å²) < 4.78 is 17.3. The molecule has 19 heavy (non-hydrogen) atoms. The molecule has 0 unspecified atom stereocenters. The van der Waals surface area contributed by atoms with E-state index in [1.54, 1.807) is 0 Å². The molecule has 0 amide bonds. The van der Waals surface area contributed by atoms with Gasteiger partial charge >= 0.3 is 0 Å². The highest BCUT2D eigenvalue weighted by atomic mass is 32.1. The van der Waals surface area contributed by atoms with E-state index < -0.39 is 0 Å². The lowest BCUT2D eigenvalue weighted by Gasteiger charge is -2.10. The highest BCUT2D eigenvalue weighted by Gasteiger charge is 2.15. The van der Waals surface area contributed by atoms with Crippen LogP contribution in [0, 0.1) is 11.3 Å². The molecule has 1 aliphatic heterocycles. The van der Waals surface area contributed by atoms with Crippen molar-refractivity contribution in [2.75, 3.05) is 19.8 Å². The van der Waals surface area contributed by atoms with E-state index in [2.05, 4.69) is 4.98 Å². The lowest BCUT2D eigenvalue weighted by molar-refractivity contribution is -0.0531. The number of ether oxygens (including phenoxy) is 3. The van der Waals surface area contributed by atoms with Crippen LogP contribution in [0.25, 0.3) is 10.2 Å². The van der Waals surface area contributed by atoms with Crippen molar-refractivity contribution in [2.24, 2.45) is 0 Å². The molecule has 2 aromatic rings. The summed E-state index contributed by atoms with van der Waals surface area (Å²) in [6.07, 6.45) is 0.571. The second kappa shape index (κ2) is 5.53. The molecule has 0 bridgehead atoms. The summed E-state index contributed by atoms with van der Waals surface area (Å²) in [6, 6.07) is 7.68. The highest BCUT2D eigenvalue weighted by Crippen LogP contribution is 2.26. The molecular formula is C13H12N2O3S. The topological polar surface area (TPSA) is 64.4 Å².